The Labute approximate surface area is 206 Å². The number of methoxy groups -OCH3 is 3. The first-order valence-corrected chi connectivity index (χ1v) is 11.6. The molecule has 2 unspecified atom stereocenters. The Hall–Kier alpha value is -3.87. The fourth-order valence-electron chi connectivity index (χ4n) is 4.37. The number of benzene rings is 3. The molecule has 3 aromatic carbocycles. The van der Waals surface area contributed by atoms with Gasteiger partial charge in [-0.25, -0.2) is 0 Å². The normalized spacial score (nSPS) is 15.5. The number of para-hydroxylation sites is 3. The van der Waals surface area contributed by atoms with E-state index < -0.39 is 6.10 Å². The molecule has 1 aliphatic heterocycles. The molecule has 35 heavy (non-hydrogen) atoms. The van der Waals surface area contributed by atoms with Crippen molar-refractivity contribution in [1.29, 1.82) is 0 Å². The minimum absolute atomic E-state index is 0.108. The van der Waals surface area contributed by atoms with Crippen molar-refractivity contribution in [1.82, 2.24) is 4.90 Å². The third-order valence-corrected chi connectivity index (χ3v) is 6.16. The second-order valence-electron chi connectivity index (χ2n) is 8.24. The SMILES string of the molecule is COc1cc2c(cc1OC)C(COc1ccccc1OC)N(C(=O)C(C)Oc1ccccc1)CC2. The Morgan fingerprint density at radius 1 is 0.886 bits per heavy atom. The summed E-state index contributed by atoms with van der Waals surface area (Å²) in [6.07, 6.45) is 0.0258. The number of amides is 1. The number of rotatable bonds is 9. The summed E-state index contributed by atoms with van der Waals surface area (Å²) in [6, 6.07) is 20.4. The molecule has 0 N–H and O–H groups in total. The van der Waals surface area contributed by atoms with Crippen molar-refractivity contribution >= 4 is 5.91 Å². The Balaban J connectivity index is 1.65. The van der Waals surface area contributed by atoms with Crippen LogP contribution >= 0.6 is 0 Å². The highest BCUT2D eigenvalue weighted by Gasteiger charge is 2.35. The number of hydrogen-bond acceptors (Lipinski definition) is 6. The molecule has 0 bridgehead atoms. The highest BCUT2D eigenvalue weighted by molar-refractivity contribution is 5.82. The van der Waals surface area contributed by atoms with E-state index in [9.17, 15) is 4.79 Å². The first-order chi connectivity index (χ1) is 17.0. The Kier molecular flexibility index (Phi) is 7.65. The van der Waals surface area contributed by atoms with E-state index in [-0.39, 0.29) is 18.6 Å². The van der Waals surface area contributed by atoms with Crippen molar-refractivity contribution in [2.75, 3.05) is 34.5 Å². The second-order valence-corrected chi connectivity index (χ2v) is 8.24. The van der Waals surface area contributed by atoms with Gasteiger partial charge in [0.05, 0.1) is 27.4 Å². The van der Waals surface area contributed by atoms with E-state index in [1.807, 2.05) is 71.6 Å². The molecule has 0 spiro atoms. The highest BCUT2D eigenvalue weighted by Crippen LogP contribution is 2.39. The minimum Gasteiger partial charge on any atom is -0.493 e. The minimum atomic E-state index is -0.659. The molecule has 0 fully saturated rings. The summed E-state index contributed by atoms with van der Waals surface area (Å²) in [5, 5.41) is 0. The zero-order chi connectivity index (χ0) is 24.8. The fraction of sp³-hybridized carbons (Fsp3) is 0.321. The Bertz CT molecular complexity index is 1150. The Morgan fingerprint density at radius 3 is 2.20 bits per heavy atom. The van der Waals surface area contributed by atoms with Crippen LogP contribution in [0.4, 0.5) is 0 Å². The van der Waals surface area contributed by atoms with E-state index in [1.165, 1.54) is 0 Å². The number of nitrogens with zero attached hydrogens (tertiary/aromatic N) is 1. The smallest absolute Gasteiger partial charge is 0.263 e. The van der Waals surface area contributed by atoms with Gasteiger partial charge in [-0.15, -0.1) is 0 Å². The maximum Gasteiger partial charge on any atom is 0.263 e. The van der Waals surface area contributed by atoms with Crippen LogP contribution < -0.4 is 23.7 Å². The zero-order valence-electron chi connectivity index (χ0n) is 20.5. The topological polar surface area (TPSA) is 66.5 Å². The molecular weight excluding hydrogens is 446 g/mol. The van der Waals surface area contributed by atoms with Crippen LogP contribution in [0.1, 0.15) is 24.1 Å². The van der Waals surface area contributed by atoms with E-state index in [4.69, 9.17) is 23.7 Å². The Morgan fingerprint density at radius 2 is 1.51 bits per heavy atom. The first kappa shape index (κ1) is 24.3. The summed E-state index contributed by atoms with van der Waals surface area (Å²) in [7, 11) is 4.83. The van der Waals surface area contributed by atoms with Crippen molar-refractivity contribution in [2.24, 2.45) is 0 Å². The van der Waals surface area contributed by atoms with Gasteiger partial charge in [0.15, 0.2) is 29.1 Å². The lowest BCUT2D eigenvalue weighted by atomic mass is 9.91. The summed E-state index contributed by atoms with van der Waals surface area (Å²) in [5.74, 6) is 3.06. The maximum absolute atomic E-state index is 13.6. The van der Waals surface area contributed by atoms with Crippen LogP contribution in [-0.2, 0) is 11.2 Å². The molecule has 2 atom stereocenters. The summed E-state index contributed by atoms with van der Waals surface area (Å²) in [5.41, 5.74) is 2.06. The quantitative estimate of drug-likeness (QED) is 0.446. The maximum atomic E-state index is 13.6. The van der Waals surface area contributed by atoms with E-state index in [1.54, 1.807) is 28.3 Å². The monoisotopic (exact) mass is 477 g/mol. The lowest BCUT2D eigenvalue weighted by Gasteiger charge is -2.38. The number of ether oxygens (including phenoxy) is 5. The summed E-state index contributed by atoms with van der Waals surface area (Å²) < 4.78 is 28.6. The van der Waals surface area contributed by atoms with Crippen molar-refractivity contribution in [2.45, 2.75) is 25.5 Å². The lowest BCUT2D eigenvalue weighted by molar-refractivity contribution is -0.141. The lowest BCUT2D eigenvalue weighted by Crippen LogP contribution is -2.47. The average molecular weight is 478 g/mol. The van der Waals surface area contributed by atoms with Crippen LogP contribution in [0.25, 0.3) is 0 Å². The standard InChI is InChI=1S/C28H31NO6/c1-19(35-21-10-6-5-7-11-21)28(30)29-15-14-20-16-26(32-3)27(33-4)17-22(20)23(29)18-34-25-13-9-8-12-24(25)31-2/h5-13,16-17,19,23H,14-15,18H2,1-4H3. The van der Waals surface area contributed by atoms with Crippen LogP contribution in [0.2, 0.25) is 0 Å². The molecule has 184 valence electrons. The van der Waals surface area contributed by atoms with Crippen molar-refractivity contribution in [3.05, 3.63) is 77.9 Å². The highest BCUT2D eigenvalue weighted by atomic mass is 16.5. The number of carbonyl (C=O) groups is 1. The predicted octanol–water partition coefficient (Wildman–Crippen LogP) is 4.68. The third-order valence-electron chi connectivity index (χ3n) is 6.16. The molecule has 1 heterocycles. The van der Waals surface area contributed by atoms with Crippen LogP contribution in [0.15, 0.2) is 66.7 Å². The van der Waals surface area contributed by atoms with E-state index >= 15 is 0 Å². The third kappa shape index (κ3) is 5.29. The molecule has 0 aliphatic carbocycles. The van der Waals surface area contributed by atoms with Crippen LogP contribution in [0, 0.1) is 0 Å². The van der Waals surface area contributed by atoms with E-state index in [0.717, 1.165) is 11.1 Å². The molecule has 3 aromatic rings. The van der Waals surface area contributed by atoms with Gasteiger partial charge in [0.2, 0.25) is 0 Å². The second kappa shape index (κ2) is 11.0. The molecule has 4 rings (SSSR count). The molecule has 7 nitrogen and oxygen atoms in total. The van der Waals surface area contributed by atoms with Crippen LogP contribution in [0.3, 0.4) is 0 Å². The molecule has 1 aliphatic rings. The van der Waals surface area contributed by atoms with Gasteiger partial charge in [-0.3, -0.25) is 4.79 Å². The predicted molar refractivity (Wildman–Crippen MR) is 133 cm³/mol. The molecular formula is C28H31NO6. The largest absolute Gasteiger partial charge is 0.493 e. The molecule has 0 aromatic heterocycles. The van der Waals surface area contributed by atoms with Gasteiger partial charge in [0, 0.05) is 6.54 Å². The van der Waals surface area contributed by atoms with Crippen molar-refractivity contribution in [3.8, 4) is 28.7 Å². The average Bonchev–Trinajstić information content (AvgIpc) is 2.91. The first-order valence-electron chi connectivity index (χ1n) is 11.6. The summed E-state index contributed by atoms with van der Waals surface area (Å²) >= 11 is 0. The molecule has 0 saturated carbocycles. The van der Waals surface area contributed by atoms with Gasteiger partial charge < -0.3 is 28.6 Å². The number of hydrogen-bond donors (Lipinski definition) is 0. The van der Waals surface area contributed by atoms with E-state index in [0.29, 0.717) is 41.7 Å². The van der Waals surface area contributed by atoms with Crippen molar-refractivity contribution in [3.63, 3.8) is 0 Å². The summed E-state index contributed by atoms with van der Waals surface area (Å²) in [6.45, 7) is 2.55. The number of carbonyl (C=O) groups excluding carboxylic acids is 1. The zero-order valence-corrected chi connectivity index (χ0v) is 20.5. The fourth-order valence-corrected chi connectivity index (χ4v) is 4.37. The number of fused-ring (bicyclic) bond motifs is 1. The van der Waals surface area contributed by atoms with E-state index in [2.05, 4.69) is 0 Å². The van der Waals surface area contributed by atoms with Gasteiger partial charge >= 0.3 is 0 Å². The van der Waals surface area contributed by atoms with Gasteiger partial charge in [-0.05, 0) is 60.9 Å². The van der Waals surface area contributed by atoms with Gasteiger partial charge in [-0.1, -0.05) is 30.3 Å². The van der Waals surface area contributed by atoms with Crippen LogP contribution in [-0.4, -0.2) is 51.4 Å². The van der Waals surface area contributed by atoms with Gasteiger partial charge in [0.1, 0.15) is 12.4 Å². The van der Waals surface area contributed by atoms with Gasteiger partial charge in [0.25, 0.3) is 5.91 Å². The van der Waals surface area contributed by atoms with Gasteiger partial charge in [-0.2, -0.15) is 0 Å². The molecule has 7 heteroatoms. The van der Waals surface area contributed by atoms with Crippen LogP contribution in [0.5, 0.6) is 28.7 Å². The summed E-state index contributed by atoms with van der Waals surface area (Å²) in [4.78, 5) is 15.4. The molecule has 0 saturated heterocycles. The van der Waals surface area contributed by atoms with Crippen molar-refractivity contribution < 1.29 is 28.5 Å². The molecule has 0 radical (unpaired) electrons. The molecule has 1 amide bonds.